The van der Waals surface area contributed by atoms with E-state index in [0.717, 1.165) is 42.8 Å². The second kappa shape index (κ2) is 12.3. The third-order valence-electron chi connectivity index (χ3n) is 4.16. The SMILES string of the molecule is CCNC(=NCc1cccc(CN(C)CC)c1)N(C)Cc1csc(C)n1.I. The topological polar surface area (TPSA) is 43.8 Å². The average Bonchev–Trinajstić information content (AvgIpc) is 3.03. The van der Waals surface area contributed by atoms with E-state index >= 15 is 0 Å². The number of aryl methyl sites for hydroxylation is 1. The molecule has 0 atom stereocenters. The van der Waals surface area contributed by atoms with Crippen LogP contribution < -0.4 is 5.32 Å². The molecule has 2 rings (SSSR count). The predicted octanol–water partition coefficient (Wildman–Crippen LogP) is 4.12. The van der Waals surface area contributed by atoms with Gasteiger partial charge in [-0.15, -0.1) is 35.3 Å². The molecule has 0 aliphatic carbocycles. The molecule has 1 aromatic carbocycles. The summed E-state index contributed by atoms with van der Waals surface area (Å²) in [7, 11) is 4.20. The fourth-order valence-electron chi connectivity index (χ4n) is 2.68. The number of aliphatic imine (C=N–C) groups is 1. The van der Waals surface area contributed by atoms with Gasteiger partial charge in [0.1, 0.15) is 0 Å². The zero-order valence-electron chi connectivity index (χ0n) is 17.0. The number of thiazole rings is 1. The van der Waals surface area contributed by atoms with Crippen LogP contribution in [-0.2, 0) is 19.6 Å². The molecule has 0 saturated heterocycles. The molecular weight excluding hydrogens is 469 g/mol. The molecule has 2 aromatic rings. The number of halogens is 1. The van der Waals surface area contributed by atoms with E-state index in [9.17, 15) is 0 Å². The van der Waals surface area contributed by atoms with Crippen LogP contribution in [0.2, 0.25) is 0 Å². The molecule has 27 heavy (non-hydrogen) atoms. The number of benzene rings is 1. The van der Waals surface area contributed by atoms with Gasteiger partial charge in [-0.05, 0) is 38.6 Å². The van der Waals surface area contributed by atoms with E-state index in [2.05, 4.69) is 77.7 Å². The molecule has 1 aromatic heterocycles. The third kappa shape index (κ3) is 8.15. The van der Waals surface area contributed by atoms with Crippen molar-refractivity contribution in [2.45, 2.75) is 40.4 Å². The van der Waals surface area contributed by atoms with Gasteiger partial charge in [0.25, 0.3) is 0 Å². The third-order valence-corrected chi connectivity index (χ3v) is 4.98. The zero-order chi connectivity index (χ0) is 18.9. The lowest BCUT2D eigenvalue weighted by atomic mass is 10.1. The molecule has 0 bridgehead atoms. The normalized spacial score (nSPS) is 11.4. The van der Waals surface area contributed by atoms with Gasteiger partial charge in [0.15, 0.2) is 5.96 Å². The molecule has 1 heterocycles. The van der Waals surface area contributed by atoms with Crippen molar-refractivity contribution in [2.75, 3.05) is 27.2 Å². The van der Waals surface area contributed by atoms with Gasteiger partial charge in [-0.1, -0.05) is 31.2 Å². The van der Waals surface area contributed by atoms with Gasteiger partial charge in [0.05, 0.1) is 23.8 Å². The van der Waals surface area contributed by atoms with Crippen molar-refractivity contribution in [3.8, 4) is 0 Å². The Kier molecular flexibility index (Phi) is 10.9. The highest BCUT2D eigenvalue weighted by atomic mass is 127. The second-order valence-corrected chi connectivity index (χ2v) is 7.60. The number of guanidine groups is 1. The predicted molar refractivity (Wildman–Crippen MR) is 127 cm³/mol. The van der Waals surface area contributed by atoms with Gasteiger partial charge in [-0.3, -0.25) is 0 Å². The van der Waals surface area contributed by atoms with Gasteiger partial charge in [-0.2, -0.15) is 0 Å². The first-order valence-corrected chi connectivity index (χ1v) is 10.1. The molecule has 0 fully saturated rings. The van der Waals surface area contributed by atoms with Gasteiger partial charge < -0.3 is 15.1 Å². The molecule has 0 spiro atoms. The van der Waals surface area contributed by atoms with Crippen molar-refractivity contribution in [3.63, 3.8) is 0 Å². The van der Waals surface area contributed by atoms with Gasteiger partial charge in [-0.25, -0.2) is 9.98 Å². The largest absolute Gasteiger partial charge is 0.357 e. The van der Waals surface area contributed by atoms with Crippen LogP contribution in [0.15, 0.2) is 34.6 Å². The molecule has 0 amide bonds. The van der Waals surface area contributed by atoms with Crippen LogP contribution in [0.25, 0.3) is 0 Å². The van der Waals surface area contributed by atoms with Crippen LogP contribution in [0, 0.1) is 6.92 Å². The molecule has 7 heteroatoms. The quantitative estimate of drug-likeness (QED) is 0.336. The van der Waals surface area contributed by atoms with Crippen LogP contribution >= 0.6 is 35.3 Å². The summed E-state index contributed by atoms with van der Waals surface area (Å²) in [5.74, 6) is 0.911. The highest BCUT2D eigenvalue weighted by molar-refractivity contribution is 14.0. The van der Waals surface area contributed by atoms with Crippen LogP contribution in [0.5, 0.6) is 0 Å². The highest BCUT2D eigenvalue weighted by Gasteiger charge is 2.09. The van der Waals surface area contributed by atoms with Crippen LogP contribution in [0.4, 0.5) is 0 Å². The summed E-state index contributed by atoms with van der Waals surface area (Å²) in [6, 6.07) is 8.70. The maximum Gasteiger partial charge on any atom is 0.194 e. The molecule has 5 nitrogen and oxygen atoms in total. The summed E-state index contributed by atoms with van der Waals surface area (Å²) < 4.78 is 0. The summed E-state index contributed by atoms with van der Waals surface area (Å²) in [6.07, 6.45) is 0. The van der Waals surface area contributed by atoms with Crippen LogP contribution in [0.1, 0.15) is 35.7 Å². The van der Waals surface area contributed by atoms with E-state index in [0.29, 0.717) is 6.54 Å². The molecule has 0 radical (unpaired) electrons. The van der Waals surface area contributed by atoms with Crippen molar-refractivity contribution in [2.24, 2.45) is 4.99 Å². The zero-order valence-corrected chi connectivity index (χ0v) is 20.2. The van der Waals surface area contributed by atoms with Crippen molar-refractivity contribution < 1.29 is 0 Å². The fraction of sp³-hybridized carbons (Fsp3) is 0.500. The maximum absolute atomic E-state index is 4.82. The Labute approximate surface area is 184 Å². The number of hydrogen-bond donors (Lipinski definition) is 1. The van der Waals surface area contributed by atoms with E-state index in [-0.39, 0.29) is 24.0 Å². The van der Waals surface area contributed by atoms with E-state index in [4.69, 9.17) is 4.99 Å². The molecule has 0 unspecified atom stereocenters. The Morgan fingerprint density at radius 1 is 1.19 bits per heavy atom. The van der Waals surface area contributed by atoms with Crippen LogP contribution in [0.3, 0.4) is 0 Å². The minimum atomic E-state index is 0. The number of nitrogens with one attached hydrogen (secondary N) is 1. The summed E-state index contributed by atoms with van der Waals surface area (Å²) in [6.45, 7) is 10.6. The number of nitrogens with zero attached hydrogens (tertiary/aromatic N) is 4. The summed E-state index contributed by atoms with van der Waals surface area (Å²) in [5.41, 5.74) is 3.66. The molecule has 0 aliphatic rings. The van der Waals surface area contributed by atoms with Gasteiger partial charge >= 0.3 is 0 Å². The van der Waals surface area contributed by atoms with Crippen LogP contribution in [-0.4, -0.2) is 47.9 Å². The van der Waals surface area contributed by atoms with Crippen molar-refractivity contribution in [1.82, 2.24) is 20.1 Å². The lowest BCUT2D eigenvalue weighted by molar-refractivity contribution is 0.345. The number of hydrogen-bond acceptors (Lipinski definition) is 4. The minimum absolute atomic E-state index is 0. The lowest BCUT2D eigenvalue weighted by Crippen LogP contribution is -2.38. The first-order valence-electron chi connectivity index (χ1n) is 9.18. The minimum Gasteiger partial charge on any atom is -0.357 e. The van der Waals surface area contributed by atoms with Gasteiger partial charge in [0, 0.05) is 25.5 Å². The molecular formula is C20H32IN5S. The Morgan fingerprint density at radius 2 is 1.93 bits per heavy atom. The Morgan fingerprint density at radius 3 is 2.56 bits per heavy atom. The monoisotopic (exact) mass is 501 g/mol. The average molecular weight is 501 g/mol. The molecule has 0 saturated carbocycles. The van der Waals surface area contributed by atoms with Crippen molar-refractivity contribution in [1.29, 1.82) is 0 Å². The summed E-state index contributed by atoms with van der Waals surface area (Å²) in [5, 5.41) is 6.59. The Balaban J connectivity index is 0.00000364. The lowest BCUT2D eigenvalue weighted by Gasteiger charge is -2.21. The Hall–Kier alpha value is -1.19. The number of aromatic nitrogens is 1. The summed E-state index contributed by atoms with van der Waals surface area (Å²) in [4.78, 5) is 13.8. The van der Waals surface area contributed by atoms with E-state index in [1.807, 2.05) is 6.92 Å². The maximum atomic E-state index is 4.82. The standard InChI is InChI=1S/C20H31N5S.HI/c1-6-21-20(25(5)14-19-15-26-16(3)23-19)22-12-17-9-8-10-18(11-17)13-24(4)7-2;/h8-11,15H,6-7,12-14H2,1-5H3,(H,21,22);1H. The highest BCUT2D eigenvalue weighted by Crippen LogP contribution is 2.11. The fourth-order valence-corrected chi connectivity index (χ4v) is 3.29. The molecule has 150 valence electrons. The van der Waals surface area contributed by atoms with Gasteiger partial charge in [0.2, 0.25) is 0 Å². The smallest absolute Gasteiger partial charge is 0.194 e. The number of rotatable bonds is 8. The first kappa shape index (κ1) is 23.8. The second-order valence-electron chi connectivity index (χ2n) is 6.53. The molecule has 0 aliphatic heterocycles. The Bertz CT molecular complexity index is 716. The van der Waals surface area contributed by atoms with Crippen molar-refractivity contribution >= 4 is 41.3 Å². The summed E-state index contributed by atoms with van der Waals surface area (Å²) >= 11 is 1.69. The van der Waals surface area contributed by atoms with E-state index in [1.54, 1.807) is 11.3 Å². The van der Waals surface area contributed by atoms with E-state index < -0.39 is 0 Å². The van der Waals surface area contributed by atoms with Crippen molar-refractivity contribution in [3.05, 3.63) is 51.5 Å². The van der Waals surface area contributed by atoms with E-state index in [1.165, 1.54) is 11.1 Å². The molecule has 1 N–H and O–H groups in total. The first-order chi connectivity index (χ1) is 12.5.